The average Bonchev–Trinajstić information content (AvgIpc) is 3.84. The normalized spacial score (nSPS) is 17.2. The molecular formula is C45H48F3N9O6S. The molecule has 19 heteroatoms. The molecule has 64 heavy (non-hydrogen) atoms. The van der Waals surface area contributed by atoms with Crippen LogP contribution in [0, 0.1) is 0 Å². The van der Waals surface area contributed by atoms with E-state index in [1.165, 1.54) is 18.0 Å². The zero-order valence-electron chi connectivity index (χ0n) is 35.2. The summed E-state index contributed by atoms with van der Waals surface area (Å²) < 4.78 is 69.5. The molecule has 15 nitrogen and oxygen atoms in total. The second-order valence-corrected chi connectivity index (χ2v) is 18.3. The Labute approximate surface area is 368 Å². The predicted octanol–water partition coefficient (Wildman–Crippen LogP) is 6.53. The van der Waals surface area contributed by atoms with Crippen LogP contribution < -0.4 is 20.9 Å². The third-order valence-corrected chi connectivity index (χ3v) is 13.7. The summed E-state index contributed by atoms with van der Waals surface area (Å²) in [6.45, 7) is 6.00. The standard InChI is InChI=1S/C45H48F3N9O6S/c1-2-64(62,63)57-28-34(31-10-6-7-13-37(31)57)41-35(45(46,47)48)26-49-44(53-41)50-29-15-17-30(18-16-29)55-24-22-54(23-25-55)21-8-4-3-5-14-39(58)51-36-12-9-11-32-33(36)27-56(43(32)61)38-19-20-40(59)52-42(38)60/h6-7,9-13,15-18,26,28,38H,2-5,8,14,19-25,27H2,1H3,(H,51,58)(H,49,50,53)(H,52,59,60). The number of benzene rings is 3. The number of para-hydroxylation sites is 1. The number of hydrogen-bond acceptors (Lipinski definition) is 11. The summed E-state index contributed by atoms with van der Waals surface area (Å²) >= 11 is 0. The van der Waals surface area contributed by atoms with Crippen molar-refractivity contribution in [3.63, 3.8) is 0 Å². The molecule has 3 aromatic carbocycles. The van der Waals surface area contributed by atoms with E-state index in [9.17, 15) is 40.8 Å². The minimum atomic E-state index is -4.79. The van der Waals surface area contributed by atoms with Crippen LogP contribution in [0.4, 0.5) is 36.2 Å². The highest BCUT2D eigenvalue weighted by Crippen LogP contribution is 2.40. The van der Waals surface area contributed by atoms with Gasteiger partial charge in [-0.25, -0.2) is 22.4 Å². The van der Waals surface area contributed by atoms with Crippen molar-refractivity contribution in [2.24, 2.45) is 0 Å². The topological polar surface area (TPSA) is 179 Å². The number of carbonyl (C=O) groups is 4. The smallest absolute Gasteiger partial charge is 0.369 e. The van der Waals surface area contributed by atoms with E-state index in [-0.39, 0.29) is 59.9 Å². The molecule has 0 spiro atoms. The second-order valence-electron chi connectivity index (χ2n) is 16.2. The Morgan fingerprint density at radius 3 is 2.39 bits per heavy atom. The lowest BCUT2D eigenvalue weighted by Gasteiger charge is -2.36. The number of nitrogens with one attached hydrogen (secondary N) is 3. The molecule has 2 saturated heterocycles. The number of unbranched alkanes of at least 4 members (excludes halogenated alkanes) is 3. The van der Waals surface area contributed by atoms with E-state index in [1.54, 1.807) is 42.5 Å². The second kappa shape index (κ2) is 18.4. The van der Waals surface area contributed by atoms with Crippen LogP contribution in [0.25, 0.3) is 22.2 Å². The number of hydrogen-bond donors (Lipinski definition) is 3. The number of rotatable bonds is 15. The molecule has 4 amide bonds. The summed E-state index contributed by atoms with van der Waals surface area (Å²) in [5, 5.41) is 8.59. The van der Waals surface area contributed by atoms with Crippen LogP contribution in [0.2, 0.25) is 0 Å². The Morgan fingerprint density at radius 2 is 1.66 bits per heavy atom. The molecule has 1 atom stereocenters. The molecule has 5 heterocycles. The van der Waals surface area contributed by atoms with Gasteiger partial charge in [0.15, 0.2) is 0 Å². The molecule has 3 aliphatic heterocycles. The molecule has 0 saturated carbocycles. The monoisotopic (exact) mass is 899 g/mol. The average molecular weight is 900 g/mol. The van der Waals surface area contributed by atoms with Gasteiger partial charge in [0.1, 0.15) is 11.6 Å². The zero-order chi connectivity index (χ0) is 45.2. The van der Waals surface area contributed by atoms with E-state index < -0.39 is 39.4 Å². The van der Waals surface area contributed by atoms with Crippen LogP contribution in [0.3, 0.4) is 0 Å². The minimum Gasteiger partial charge on any atom is -0.369 e. The molecule has 8 rings (SSSR count). The van der Waals surface area contributed by atoms with Crippen molar-refractivity contribution in [3.05, 3.63) is 95.8 Å². The van der Waals surface area contributed by atoms with Gasteiger partial charge in [0, 0.05) is 97.1 Å². The van der Waals surface area contributed by atoms with Gasteiger partial charge in [0.25, 0.3) is 5.91 Å². The minimum absolute atomic E-state index is 0.0251. The van der Waals surface area contributed by atoms with Crippen LogP contribution in [0.5, 0.6) is 0 Å². The Hall–Kier alpha value is -6.34. The summed E-state index contributed by atoms with van der Waals surface area (Å²) in [7, 11) is -3.82. The number of amides is 4. The van der Waals surface area contributed by atoms with E-state index in [0.29, 0.717) is 40.5 Å². The zero-order valence-corrected chi connectivity index (χ0v) is 36.0. The van der Waals surface area contributed by atoms with Gasteiger partial charge in [-0.3, -0.25) is 29.4 Å². The highest BCUT2D eigenvalue weighted by Gasteiger charge is 2.40. The first-order valence-electron chi connectivity index (χ1n) is 21.4. The number of nitrogens with zero attached hydrogens (tertiary/aromatic N) is 6. The first-order chi connectivity index (χ1) is 30.7. The van der Waals surface area contributed by atoms with Gasteiger partial charge in [-0.15, -0.1) is 0 Å². The number of fused-ring (bicyclic) bond motifs is 2. The fourth-order valence-corrected chi connectivity index (χ4v) is 9.57. The van der Waals surface area contributed by atoms with Crippen molar-refractivity contribution < 1.29 is 40.8 Å². The maximum atomic E-state index is 14.3. The van der Waals surface area contributed by atoms with E-state index in [1.807, 2.05) is 24.3 Å². The van der Waals surface area contributed by atoms with Crippen molar-refractivity contribution in [1.82, 2.24) is 29.1 Å². The van der Waals surface area contributed by atoms with E-state index in [4.69, 9.17) is 0 Å². The summed E-state index contributed by atoms with van der Waals surface area (Å²) in [4.78, 5) is 64.4. The highest BCUT2D eigenvalue weighted by atomic mass is 32.2. The maximum Gasteiger partial charge on any atom is 0.419 e. The summed E-state index contributed by atoms with van der Waals surface area (Å²) in [6, 6.07) is 18.3. The Kier molecular flexibility index (Phi) is 12.7. The van der Waals surface area contributed by atoms with Crippen molar-refractivity contribution >= 4 is 67.6 Å². The van der Waals surface area contributed by atoms with Crippen LogP contribution in [-0.4, -0.2) is 100 Å². The fourth-order valence-electron chi connectivity index (χ4n) is 8.57. The molecule has 336 valence electrons. The van der Waals surface area contributed by atoms with Gasteiger partial charge < -0.3 is 20.4 Å². The van der Waals surface area contributed by atoms with Crippen LogP contribution in [-0.2, 0) is 37.1 Å². The van der Waals surface area contributed by atoms with Crippen LogP contribution in [0.15, 0.2) is 79.1 Å². The summed E-state index contributed by atoms with van der Waals surface area (Å²) in [5.74, 6) is -1.55. The largest absolute Gasteiger partial charge is 0.419 e. The third kappa shape index (κ3) is 9.45. The molecule has 1 unspecified atom stereocenters. The van der Waals surface area contributed by atoms with Crippen molar-refractivity contribution in [2.45, 2.75) is 70.6 Å². The number of carbonyl (C=O) groups excluding carboxylic acids is 4. The Bertz CT molecular complexity index is 2700. The number of piperidine rings is 1. The Morgan fingerprint density at radius 1 is 0.906 bits per heavy atom. The first-order valence-corrected chi connectivity index (χ1v) is 23.0. The molecule has 0 radical (unpaired) electrons. The molecule has 3 aliphatic rings. The molecular weight excluding hydrogens is 852 g/mol. The van der Waals surface area contributed by atoms with E-state index in [0.717, 1.165) is 68.1 Å². The molecule has 2 aromatic heterocycles. The number of imide groups is 1. The van der Waals surface area contributed by atoms with Crippen molar-refractivity contribution in [1.29, 1.82) is 0 Å². The van der Waals surface area contributed by atoms with Gasteiger partial charge in [-0.2, -0.15) is 13.2 Å². The molecule has 2 fully saturated rings. The number of aromatic nitrogens is 3. The molecule has 0 bridgehead atoms. The lowest BCUT2D eigenvalue weighted by Crippen LogP contribution is -2.52. The lowest BCUT2D eigenvalue weighted by atomic mass is 10.0. The van der Waals surface area contributed by atoms with Crippen molar-refractivity contribution in [2.75, 3.05) is 54.0 Å². The van der Waals surface area contributed by atoms with Crippen molar-refractivity contribution in [3.8, 4) is 11.3 Å². The fraction of sp³-hybridized carbons (Fsp3) is 0.378. The number of halogens is 3. The molecule has 0 aliphatic carbocycles. The SMILES string of the molecule is CCS(=O)(=O)n1cc(-c2nc(Nc3ccc(N4CCN(CCCCCCC(=O)Nc5cccc6c5CN(C5CCC(=O)NC5=O)C6=O)CC4)cc3)ncc2C(F)(F)F)c2ccccc21. The maximum absolute atomic E-state index is 14.3. The quantitative estimate of drug-likeness (QED) is 0.0769. The lowest BCUT2D eigenvalue weighted by molar-refractivity contribution is -0.138. The van der Waals surface area contributed by atoms with Gasteiger partial charge in [-0.1, -0.05) is 37.1 Å². The van der Waals surface area contributed by atoms with E-state index in [2.05, 4.69) is 35.7 Å². The number of piperazine rings is 1. The predicted molar refractivity (Wildman–Crippen MR) is 235 cm³/mol. The summed E-state index contributed by atoms with van der Waals surface area (Å²) in [6.07, 6.45) is 1.50. The summed E-state index contributed by atoms with van der Waals surface area (Å²) in [5.41, 5.74) is 2.03. The van der Waals surface area contributed by atoms with Crippen LogP contribution in [0.1, 0.15) is 73.4 Å². The number of anilines is 4. The highest BCUT2D eigenvalue weighted by molar-refractivity contribution is 7.90. The van der Waals surface area contributed by atoms with E-state index >= 15 is 0 Å². The first kappa shape index (κ1) is 44.3. The van der Waals surface area contributed by atoms with Crippen LogP contribution >= 0.6 is 0 Å². The molecule has 5 aromatic rings. The van der Waals surface area contributed by atoms with Gasteiger partial charge in [0.05, 0.1) is 17.0 Å². The Balaban J connectivity index is 0.783. The third-order valence-electron chi connectivity index (χ3n) is 12.0. The van der Waals surface area contributed by atoms with Gasteiger partial charge >= 0.3 is 6.18 Å². The van der Waals surface area contributed by atoms with Gasteiger partial charge in [-0.05, 0) is 75.2 Å². The number of alkyl halides is 3. The van der Waals surface area contributed by atoms with Gasteiger partial charge in [0.2, 0.25) is 33.7 Å². The molecule has 3 N–H and O–H groups in total.